The Bertz CT molecular complexity index is 677. The Morgan fingerprint density at radius 1 is 1.08 bits per heavy atom. The largest absolute Gasteiger partial charge is 0.384 e. The fraction of sp³-hybridized carbons (Fsp3) is 0.400. The zero-order valence-electron chi connectivity index (χ0n) is 15.0. The lowest BCUT2D eigenvalue weighted by atomic mass is 10.2. The van der Waals surface area contributed by atoms with Crippen molar-refractivity contribution >= 4 is 17.3 Å². The van der Waals surface area contributed by atoms with E-state index in [0.29, 0.717) is 11.6 Å². The molecule has 5 nitrogen and oxygen atoms in total. The summed E-state index contributed by atoms with van der Waals surface area (Å²) in [4.78, 5) is 21.2. The quantitative estimate of drug-likeness (QED) is 0.910. The molecule has 0 aliphatic carbocycles. The maximum absolute atomic E-state index is 12.6. The number of carbonyl (C=O) groups is 1. The van der Waals surface area contributed by atoms with Gasteiger partial charge in [0, 0.05) is 38.4 Å². The summed E-state index contributed by atoms with van der Waals surface area (Å²) in [5.74, 6) is 0.588. The molecule has 0 radical (unpaired) electrons. The van der Waals surface area contributed by atoms with E-state index in [0.717, 1.165) is 38.4 Å². The van der Waals surface area contributed by atoms with Gasteiger partial charge in [-0.3, -0.25) is 4.79 Å². The maximum atomic E-state index is 12.6. The van der Waals surface area contributed by atoms with Crippen LogP contribution in [0.15, 0.2) is 48.7 Å². The van der Waals surface area contributed by atoms with Crippen LogP contribution in [-0.4, -0.2) is 48.5 Å². The highest BCUT2D eigenvalue weighted by molar-refractivity contribution is 5.92. The number of hydrogen-bond donors (Lipinski definition) is 1. The number of anilines is 2. The smallest absolute Gasteiger partial charge is 0.272 e. The molecule has 0 spiro atoms. The molecule has 5 heteroatoms. The molecule has 3 rings (SSSR count). The lowest BCUT2D eigenvalue weighted by Gasteiger charge is -2.36. The molecule has 0 atom stereocenters. The van der Waals surface area contributed by atoms with Crippen LogP contribution in [0.25, 0.3) is 0 Å². The number of pyridine rings is 1. The van der Waals surface area contributed by atoms with E-state index < -0.39 is 0 Å². The van der Waals surface area contributed by atoms with E-state index >= 15 is 0 Å². The topological polar surface area (TPSA) is 48.5 Å². The summed E-state index contributed by atoms with van der Waals surface area (Å²) in [6.07, 6.45) is 1.75. The van der Waals surface area contributed by atoms with Gasteiger partial charge in [0.15, 0.2) is 0 Å². The van der Waals surface area contributed by atoms with Crippen LogP contribution in [0, 0.1) is 5.92 Å². The minimum atomic E-state index is 0.0168. The van der Waals surface area contributed by atoms with Crippen LogP contribution >= 0.6 is 0 Å². The molecule has 1 aliphatic rings. The molecule has 0 unspecified atom stereocenters. The fourth-order valence-corrected chi connectivity index (χ4v) is 2.92. The first-order valence-corrected chi connectivity index (χ1v) is 8.92. The van der Waals surface area contributed by atoms with Crippen molar-refractivity contribution in [3.63, 3.8) is 0 Å². The summed E-state index contributed by atoms with van der Waals surface area (Å²) in [5, 5.41) is 3.32. The Balaban J connectivity index is 1.55. The molecule has 1 fully saturated rings. The Morgan fingerprint density at radius 3 is 2.40 bits per heavy atom. The molecule has 1 N–H and O–H groups in total. The van der Waals surface area contributed by atoms with E-state index in [9.17, 15) is 4.79 Å². The van der Waals surface area contributed by atoms with E-state index in [2.05, 4.69) is 41.2 Å². The van der Waals surface area contributed by atoms with Crippen molar-refractivity contribution in [3.8, 4) is 0 Å². The van der Waals surface area contributed by atoms with Gasteiger partial charge in [0.2, 0.25) is 0 Å². The van der Waals surface area contributed by atoms with Crippen LogP contribution in [0.1, 0.15) is 24.3 Å². The van der Waals surface area contributed by atoms with E-state index in [-0.39, 0.29) is 5.91 Å². The number of nitrogens with one attached hydrogen (secondary N) is 1. The van der Waals surface area contributed by atoms with Gasteiger partial charge in [-0.1, -0.05) is 32.0 Å². The van der Waals surface area contributed by atoms with Gasteiger partial charge < -0.3 is 15.1 Å². The average Bonchev–Trinajstić information content (AvgIpc) is 2.67. The number of aromatic nitrogens is 1. The summed E-state index contributed by atoms with van der Waals surface area (Å²) in [7, 11) is 0. The second-order valence-electron chi connectivity index (χ2n) is 6.82. The number of para-hydroxylation sites is 1. The molecule has 1 aromatic heterocycles. The van der Waals surface area contributed by atoms with Gasteiger partial charge in [-0.2, -0.15) is 0 Å². The molecule has 0 saturated carbocycles. The molecule has 1 aliphatic heterocycles. The molecule has 1 saturated heterocycles. The zero-order chi connectivity index (χ0) is 17.6. The van der Waals surface area contributed by atoms with Crippen molar-refractivity contribution in [2.75, 3.05) is 42.9 Å². The van der Waals surface area contributed by atoms with Crippen molar-refractivity contribution in [2.24, 2.45) is 5.92 Å². The van der Waals surface area contributed by atoms with Gasteiger partial charge in [0.1, 0.15) is 5.69 Å². The number of amides is 1. The standard InChI is InChI=1S/C20H26N4O/c1-16(2)14-21-17-8-9-19(22-15-17)20(25)24-12-10-23(11-13-24)18-6-4-3-5-7-18/h3-9,15-16,21H,10-14H2,1-2H3. The maximum Gasteiger partial charge on any atom is 0.272 e. The second kappa shape index (κ2) is 8.01. The molecule has 25 heavy (non-hydrogen) atoms. The van der Waals surface area contributed by atoms with Crippen LogP contribution in [-0.2, 0) is 0 Å². The molecule has 1 amide bonds. The fourth-order valence-electron chi connectivity index (χ4n) is 2.92. The number of nitrogens with zero attached hydrogens (tertiary/aromatic N) is 3. The number of hydrogen-bond acceptors (Lipinski definition) is 4. The highest BCUT2D eigenvalue weighted by Gasteiger charge is 2.22. The molecular weight excluding hydrogens is 312 g/mol. The summed E-state index contributed by atoms with van der Waals surface area (Å²) in [6, 6.07) is 14.1. The van der Waals surface area contributed by atoms with Crippen LogP contribution in [0.4, 0.5) is 11.4 Å². The summed E-state index contributed by atoms with van der Waals surface area (Å²) in [5.41, 5.74) is 2.69. The van der Waals surface area contributed by atoms with Crippen molar-refractivity contribution in [1.82, 2.24) is 9.88 Å². The van der Waals surface area contributed by atoms with E-state index in [1.165, 1.54) is 5.69 Å². The molecule has 2 heterocycles. The Hall–Kier alpha value is -2.56. The zero-order valence-corrected chi connectivity index (χ0v) is 15.0. The lowest BCUT2D eigenvalue weighted by molar-refractivity contribution is 0.0741. The third kappa shape index (κ3) is 4.50. The van der Waals surface area contributed by atoms with Crippen molar-refractivity contribution in [1.29, 1.82) is 0 Å². The average molecular weight is 338 g/mol. The SMILES string of the molecule is CC(C)CNc1ccc(C(=O)N2CCN(c3ccccc3)CC2)nc1. The van der Waals surface area contributed by atoms with Gasteiger partial charge in [-0.05, 0) is 30.2 Å². The number of benzene rings is 1. The van der Waals surface area contributed by atoms with Gasteiger partial charge in [0.25, 0.3) is 5.91 Å². The van der Waals surface area contributed by atoms with Crippen molar-refractivity contribution in [2.45, 2.75) is 13.8 Å². The predicted molar refractivity (Wildman–Crippen MR) is 102 cm³/mol. The third-order valence-electron chi connectivity index (χ3n) is 4.39. The Morgan fingerprint density at radius 2 is 1.80 bits per heavy atom. The van der Waals surface area contributed by atoms with Crippen LogP contribution in [0.5, 0.6) is 0 Å². The van der Waals surface area contributed by atoms with E-state index in [1.807, 2.05) is 35.2 Å². The van der Waals surface area contributed by atoms with Crippen LogP contribution in [0.2, 0.25) is 0 Å². The van der Waals surface area contributed by atoms with Gasteiger partial charge >= 0.3 is 0 Å². The first-order valence-electron chi connectivity index (χ1n) is 8.92. The molecule has 0 bridgehead atoms. The Labute approximate surface area is 149 Å². The first-order chi connectivity index (χ1) is 12.1. The van der Waals surface area contributed by atoms with Gasteiger partial charge in [-0.25, -0.2) is 4.98 Å². The summed E-state index contributed by atoms with van der Waals surface area (Å²) >= 11 is 0. The second-order valence-corrected chi connectivity index (χ2v) is 6.82. The van der Waals surface area contributed by atoms with Gasteiger partial charge in [0.05, 0.1) is 11.9 Å². The van der Waals surface area contributed by atoms with Crippen LogP contribution < -0.4 is 10.2 Å². The minimum Gasteiger partial charge on any atom is -0.384 e. The van der Waals surface area contributed by atoms with E-state index in [1.54, 1.807) is 6.20 Å². The molecule has 132 valence electrons. The first kappa shape index (κ1) is 17.3. The molecular formula is C20H26N4O. The minimum absolute atomic E-state index is 0.0168. The summed E-state index contributed by atoms with van der Waals surface area (Å²) < 4.78 is 0. The highest BCUT2D eigenvalue weighted by atomic mass is 16.2. The van der Waals surface area contributed by atoms with Gasteiger partial charge in [-0.15, -0.1) is 0 Å². The third-order valence-corrected chi connectivity index (χ3v) is 4.39. The van der Waals surface area contributed by atoms with Crippen molar-refractivity contribution < 1.29 is 4.79 Å². The highest BCUT2D eigenvalue weighted by Crippen LogP contribution is 2.17. The van der Waals surface area contributed by atoms with E-state index in [4.69, 9.17) is 0 Å². The Kier molecular flexibility index (Phi) is 5.53. The lowest BCUT2D eigenvalue weighted by Crippen LogP contribution is -2.49. The predicted octanol–water partition coefficient (Wildman–Crippen LogP) is 3.11. The number of piperazine rings is 1. The molecule has 2 aromatic rings. The number of rotatable bonds is 5. The number of carbonyl (C=O) groups excluding carboxylic acids is 1. The van der Waals surface area contributed by atoms with Crippen molar-refractivity contribution in [3.05, 3.63) is 54.4 Å². The van der Waals surface area contributed by atoms with Crippen LogP contribution in [0.3, 0.4) is 0 Å². The normalized spacial score (nSPS) is 14.7. The molecule has 1 aromatic carbocycles. The monoisotopic (exact) mass is 338 g/mol. The summed E-state index contributed by atoms with van der Waals surface area (Å²) in [6.45, 7) is 8.37.